The Balaban J connectivity index is 1.35. The van der Waals surface area contributed by atoms with E-state index in [9.17, 15) is 0 Å². The molecule has 0 radical (unpaired) electrons. The fraction of sp³-hybridized carbons (Fsp3) is 0.160. The molecule has 0 fully saturated rings. The predicted molar refractivity (Wildman–Crippen MR) is 227 cm³/mol. The third-order valence-corrected chi connectivity index (χ3v) is 11.3. The van der Waals surface area contributed by atoms with E-state index in [0.29, 0.717) is 0 Å². The molecule has 3 heteroatoms. The highest BCUT2D eigenvalue weighted by molar-refractivity contribution is 6.12. The molecule has 3 nitrogen and oxygen atoms in total. The van der Waals surface area contributed by atoms with E-state index < -0.39 is 0 Å². The van der Waals surface area contributed by atoms with E-state index in [-0.39, 0.29) is 10.8 Å². The first-order valence-electron chi connectivity index (χ1n) is 18.8. The van der Waals surface area contributed by atoms with Gasteiger partial charge in [0.2, 0.25) is 0 Å². The number of hydrogen-bond acceptors (Lipinski definition) is 0. The van der Waals surface area contributed by atoms with Gasteiger partial charge in [0.1, 0.15) is 0 Å². The quantitative estimate of drug-likeness (QED) is 0.176. The third kappa shape index (κ3) is 4.80. The number of hydrogen-bond donors (Lipinski definition) is 0. The highest BCUT2D eigenvalue weighted by Crippen LogP contribution is 2.40. The van der Waals surface area contributed by atoms with E-state index in [1.807, 2.05) is 0 Å². The van der Waals surface area contributed by atoms with Gasteiger partial charge in [0.05, 0.1) is 50.2 Å². The molecule has 0 aliphatic heterocycles. The standard InChI is InChI=1S/C50H43N3/c1-49(2,3)32-23-25-47-41(27-32)39-17-9-13-21-45(39)52(47)35-29-34(51-43-19-11-7-15-37(43)38-16-8-12-20-44(38)51)30-36(31-35)53-46-22-14-10-18-40(46)42-28-33(50(4,5)6)24-26-48(42)53/h7-31H,1-6H3. The number of fused-ring (bicyclic) bond motifs is 9. The van der Waals surface area contributed by atoms with Gasteiger partial charge in [-0.25, -0.2) is 0 Å². The van der Waals surface area contributed by atoms with Crippen LogP contribution in [0.15, 0.2) is 152 Å². The smallest absolute Gasteiger partial charge is 0.0541 e. The molecule has 3 heterocycles. The summed E-state index contributed by atoms with van der Waals surface area (Å²) in [7, 11) is 0. The molecular weight excluding hydrogens is 643 g/mol. The molecule has 0 unspecified atom stereocenters. The second kappa shape index (κ2) is 11.2. The van der Waals surface area contributed by atoms with Crippen molar-refractivity contribution in [2.75, 3.05) is 0 Å². The van der Waals surface area contributed by atoms with Crippen LogP contribution in [0.5, 0.6) is 0 Å². The van der Waals surface area contributed by atoms with Crippen LogP contribution >= 0.6 is 0 Å². The van der Waals surface area contributed by atoms with Crippen LogP contribution in [0.25, 0.3) is 82.5 Å². The highest BCUT2D eigenvalue weighted by Gasteiger charge is 2.22. The van der Waals surface area contributed by atoms with Crippen molar-refractivity contribution in [3.8, 4) is 17.1 Å². The maximum absolute atomic E-state index is 2.48. The Labute approximate surface area is 310 Å². The Morgan fingerprint density at radius 1 is 0.283 bits per heavy atom. The van der Waals surface area contributed by atoms with Gasteiger partial charge in [0.15, 0.2) is 0 Å². The molecule has 0 N–H and O–H groups in total. The molecule has 3 aromatic heterocycles. The van der Waals surface area contributed by atoms with Gasteiger partial charge in [-0.3, -0.25) is 0 Å². The minimum absolute atomic E-state index is 0.0460. The Hall–Kier alpha value is -6.06. The number of aromatic nitrogens is 3. The summed E-state index contributed by atoms with van der Waals surface area (Å²) < 4.78 is 7.40. The molecule has 0 bridgehead atoms. The minimum Gasteiger partial charge on any atom is -0.309 e. The van der Waals surface area contributed by atoms with Gasteiger partial charge >= 0.3 is 0 Å². The van der Waals surface area contributed by atoms with Crippen LogP contribution in [-0.2, 0) is 10.8 Å². The maximum atomic E-state index is 2.48. The molecule has 10 aromatic rings. The van der Waals surface area contributed by atoms with E-state index in [1.165, 1.54) is 76.5 Å². The summed E-state index contributed by atoms with van der Waals surface area (Å²) in [6.07, 6.45) is 0. The van der Waals surface area contributed by atoms with E-state index in [1.54, 1.807) is 0 Å². The van der Waals surface area contributed by atoms with Crippen molar-refractivity contribution < 1.29 is 0 Å². The Kier molecular flexibility index (Phi) is 6.70. The van der Waals surface area contributed by atoms with Crippen molar-refractivity contribution in [1.29, 1.82) is 0 Å². The topological polar surface area (TPSA) is 14.8 Å². The van der Waals surface area contributed by atoms with E-state index in [2.05, 4.69) is 207 Å². The Morgan fingerprint density at radius 3 is 0.849 bits per heavy atom. The zero-order valence-corrected chi connectivity index (χ0v) is 31.3. The number of para-hydroxylation sites is 4. The molecular formula is C50H43N3. The predicted octanol–water partition coefficient (Wildman–Crippen LogP) is 13.6. The number of nitrogens with zero attached hydrogens (tertiary/aromatic N) is 3. The first-order chi connectivity index (χ1) is 25.6. The largest absolute Gasteiger partial charge is 0.309 e. The van der Waals surface area contributed by atoms with Crippen LogP contribution in [0.4, 0.5) is 0 Å². The fourth-order valence-corrected chi connectivity index (χ4v) is 8.60. The lowest BCUT2D eigenvalue weighted by atomic mass is 9.86. The van der Waals surface area contributed by atoms with Crippen LogP contribution < -0.4 is 0 Å². The molecule has 0 saturated carbocycles. The van der Waals surface area contributed by atoms with Gasteiger partial charge in [-0.2, -0.15) is 0 Å². The number of rotatable bonds is 3. The summed E-state index contributed by atoms with van der Waals surface area (Å²) in [6, 6.07) is 56.6. The lowest BCUT2D eigenvalue weighted by Crippen LogP contribution is -2.10. The van der Waals surface area contributed by atoms with Crippen LogP contribution in [0.1, 0.15) is 52.7 Å². The molecule has 7 aromatic carbocycles. The van der Waals surface area contributed by atoms with E-state index in [4.69, 9.17) is 0 Å². The Bertz CT molecular complexity index is 2870. The maximum Gasteiger partial charge on any atom is 0.0541 e. The van der Waals surface area contributed by atoms with Crippen molar-refractivity contribution in [2.24, 2.45) is 0 Å². The van der Waals surface area contributed by atoms with Crippen LogP contribution in [0.2, 0.25) is 0 Å². The first kappa shape index (κ1) is 31.7. The zero-order chi connectivity index (χ0) is 36.2. The van der Waals surface area contributed by atoms with Crippen LogP contribution in [0, 0.1) is 0 Å². The molecule has 10 rings (SSSR count). The second-order valence-corrected chi connectivity index (χ2v) is 16.7. The van der Waals surface area contributed by atoms with Gasteiger partial charge in [0.25, 0.3) is 0 Å². The zero-order valence-electron chi connectivity index (χ0n) is 31.3. The fourth-order valence-electron chi connectivity index (χ4n) is 8.60. The molecule has 0 saturated heterocycles. The lowest BCUT2D eigenvalue weighted by Gasteiger charge is -2.20. The average molecular weight is 686 g/mol. The normalized spacial score (nSPS) is 12.7. The number of benzene rings is 7. The average Bonchev–Trinajstić information content (AvgIpc) is 3.79. The molecule has 0 aliphatic carbocycles. The van der Waals surface area contributed by atoms with Crippen molar-refractivity contribution >= 4 is 65.4 Å². The molecule has 0 amide bonds. The van der Waals surface area contributed by atoms with E-state index in [0.717, 1.165) is 17.1 Å². The Morgan fingerprint density at radius 2 is 0.547 bits per heavy atom. The first-order valence-corrected chi connectivity index (χ1v) is 18.8. The van der Waals surface area contributed by atoms with Crippen molar-refractivity contribution in [3.63, 3.8) is 0 Å². The second-order valence-electron chi connectivity index (χ2n) is 16.7. The summed E-state index contributed by atoms with van der Waals surface area (Å²) in [5, 5.41) is 7.61. The minimum atomic E-state index is 0.0460. The monoisotopic (exact) mass is 685 g/mol. The van der Waals surface area contributed by atoms with Gasteiger partial charge in [-0.15, -0.1) is 0 Å². The molecule has 258 valence electrons. The van der Waals surface area contributed by atoms with Gasteiger partial charge in [-0.05, 0) is 88.7 Å². The third-order valence-electron chi connectivity index (χ3n) is 11.3. The van der Waals surface area contributed by atoms with Gasteiger partial charge in [0, 0.05) is 32.3 Å². The van der Waals surface area contributed by atoms with E-state index >= 15 is 0 Å². The van der Waals surface area contributed by atoms with Crippen molar-refractivity contribution in [3.05, 3.63) is 163 Å². The summed E-state index contributed by atoms with van der Waals surface area (Å²) in [4.78, 5) is 0. The van der Waals surface area contributed by atoms with Crippen LogP contribution in [0.3, 0.4) is 0 Å². The summed E-state index contributed by atoms with van der Waals surface area (Å²) in [5.41, 5.74) is 13.4. The summed E-state index contributed by atoms with van der Waals surface area (Å²) >= 11 is 0. The lowest BCUT2D eigenvalue weighted by molar-refractivity contribution is 0.591. The van der Waals surface area contributed by atoms with Gasteiger partial charge < -0.3 is 13.7 Å². The molecule has 0 aliphatic rings. The SMILES string of the molecule is CC(C)(C)c1ccc2c(c1)c1ccccc1n2-c1cc(-n2c3ccccc3c3ccccc32)cc(-n2c3ccccc3c3cc(C(C)(C)C)ccc32)c1. The van der Waals surface area contributed by atoms with Crippen LogP contribution in [-0.4, -0.2) is 13.7 Å². The highest BCUT2D eigenvalue weighted by atomic mass is 15.0. The molecule has 0 spiro atoms. The summed E-state index contributed by atoms with van der Waals surface area (Å²) in [6.45, 7) is 13.8. The summed E-state index contributed by atoms with van der Waals surface area (Å²) in [5.74, 6) is 0. The molecule has 53 heavy (non-hydrogen) atoms. The van der Waals surface area contributed by atoms with Crippen molar-refractivity contribution in [2.45, 2.75) is 52.4 Å². The van der Waals surface area contributed by atoms with Crippen molar-refractivity contribution in [1.82, 2.24) is 13.7 Å². The molecule has 0 atom stereocenters. The van der Waals surface area contributed by atoms with Gasteiger partial charge in [-0.1, -0.05) is 126 Å².